The van der Waals surface area contributed by atoms with E-state index in [1.165, 1.54) is 0 Å². The predicted molar refractivity (Wildman–Crippen MR) is 70.6 cm³/mol. The third kappa shape index (κ3) is 4.24. The highest BCUT2D eigenvalue weighted by Crippen LogP contribution is 2.18. The van der Waals surface area contributed by atoms with E-state index in [9.17, 15) is 0 Å². The first-order valence-electron chi connectivity index (χ1n) is 5.35. The van der Waals surface area contributed by atoms with Crippen molar-refractivity contribution in [2.75, 3.05) is 0 Å². The minimum atomic E-state index is 0.0353. The maximum Gasteiger partial charge on any atom is 0.170 e. The maximum atomic E-state index is 8.57. The second-order valence-electron chi connectivity index (χ2n) is 4.89. The fraction of sp³-hybridized carbons (Fsp3) is 0.417. The zero-order valence-corrected chi connectivity index (χ0v) is 11.0. The molecular weight excluding hydrogens is 238 g/mol. The van der Waals surface area contributed by atoms with E-state index in [2.05, 4.69) is 31.2 Å². The van der Waals surface area contributed by atoms with E-state index in [0.29, 0.717) is 17.1 Å². The second-order valence-corrected chi connectivity index (χ2v) is 5.30. The van der Waals surface area contributed by atoms with Crippen LogP contribution in [0.1, 0.15) is 31.9 Å². The summed E-state index contributed by atoms with van der Waals surface area (Å²) >= 11 is 6.13. The highest BCUT2D eigenvalue weighted by molar-refractivity contribution is 6.31. The van der Waals surface area contributed by atoms with Crippen molar-refractivity contribution in [3.8, 4) is 0 Å². The first kappa shape index (κ1) is 13.8. The van der Waals surface area contributed by atoms with Gasteiger partial charge in [-0.15, -0.1) is 0 Å². The van der Waals surface area contributed by atoms with Crippen molar-refractivity contribution in [1.29, 1.82) is 0 Å². The molecular formula is C12H18ClN3O. The Balaban J connectivity index is 2.84. The van der Waals surface area contributed by atoms with Gasteiger partial charge in [0.15, 0.2) is 5.84 Å². The Morgan fingerprint density at radius 3 is 2.59 bits per heavy atom. The molecule has 94 valence electrons. The first-order valence-corrected chi connectivity index (χ1v) is 5.72. The number of hydrogen-bond acceptors (Lipinski definition) is 3. The number of nitrogens with two attached hydrogens (primary N) is 1. The molecule has 0 unspecified atom stereocenters. The van der Waals surface area contributed by atoms with Gasteiger partial charge < -0.3 is 16.3 Å². The van der Waals surface area contributed by atoms with Crippen LogP contribution in [0.4, 0.5) is 0 Å². The molecule has 0 aliphatic rings. The summed E-state index contributed by atoms with van der Waals surface area (Å²) in [5.41, 5.74) is 7.11. The smallest absolute Gasteiger partial charge is 0.170 e. The van der Waals surface area contributed by atoms with Crippen LogP contribution in [0, 0.1) is 0 Å². The lowest BCUT2D eigenvalue weighted by Gasteiger charge is -2.21. The number of benzene rings is 1. The van der Waals surface area contributed by atoms with Crippen LogP contribution in [0.5, 0.6) is 0 Å². The molecule has 0 bridgehead atoms. The van der Waals surface area contributed by atoms with Crippen molar-refractivity contribution in [1.82, 2.24) is 5.32 Å². The average molecular weight is 256 g/mol. The van der Waals surface area contributed by atoms with Crippen molar-refractivity contribution in [2.45, 2.75) is 32.9 Å². The fourth-order valence-corrected chi connectivity index (χ4v) is 1.52. The van der Waals surface area contributed by atoms with Gasteiger partial charge in [-0.2, -0.15) is 0 Å². The molecule has 4 N–H and O–H groups in total. The van der Waals surface area contributed by atoms with Crippen LogP contribution >= 0.6 is 11.6 Å². The van der Waals surface area contributed by atoms with Crippen molar-refractivity contribution in [3.05, 3.63) is 34.3 Å². The van der Waals surface area contributed by atoms with E-state index < -0.39 is 0 Å². The van der Waals surface area contributed by atoms with Crippen molar-refractivity contribution < 1.29 is 5.21 Å². The number of nitrogens with one attached hydrogen (secondary N) is 1. The van der Waals surface area contributed by atoms with E-state index in [-0.39, 0.29) is 11.4 Å². The van der Waals surface area contributed by atoms with Crippen LogP contribution in [-0.4, -0.2) is 16.6 Å². The van der Waals surface area contributed by atoms with Gasteiger partial charge in [-0.25, -0.2) is 0 Å². The zero-order valence-electron chi connectivity index (χ0n) is 10.3. The largest absolute Gasteiger partial charge is 0.409 e. The lowest BCUT2D eigenvalue weighted by atomic mass is 10.1. The van der Waals surface area contributed by atoms with Gasteiger partial charge in [-0.3, -0.25) is 0 Å². The van der Waals surface area contributed by atoms with Gasteiger partial charge in [-0.1, -0.05) is 28.9 Å². The lowest BCUT2D eigenvalue weighted by molar-refractivity contribution is 0.318. The summed E-state index contributed by atoms with van der Waals surface area (Å²) in [6.07, 6.45) is 0. The quantitative estimate of drug-likeness (QED) is 0.336. The minimum Gasteiger partial charge on any atom is -0.409 e. The van der Waals surface area contributed by atoms with Crippen LogP contribution in [0.2, 0.25) is 5.02 Å². The summed E-state index contributed by atoms with van der Waals surface area (Å²) in [5.74, 6) is 0.0576. The molecule has 0 heterocycles. The van der Waals surface area contributed by atoms with E-state index in [0.717, 1.165) is 5.56 Å². The molecule has 0 aliphatic carbocycles. The summed E-state index contributed by atoms with van der Waals surface area (Å²) in [7, 11) is 0. The topological polar surface area (TPSA) is 70.6 Å². The van der Waals surface area contributed by atoms with Crippen molar-refractivity contribution >= 4 is 17.4 Å². The molecule has 1 aromatic rings. The van der Waals surface area contributed by atoms with Crippen LogP contribution in [0.15, 0.2) is 23.4 Å². The van der Waals surface area contributed by atoms with Gasteiger partial charge in [0, 0.05) is 22.7 Å². The monoisotopic (exact) mass is 255 g/mol. The molecule has 5 heteroatoms. The Bertz CT molecular complexity index is 424. The van der Waals surface area contributed by atoms with Crippen LogP contribution in [0.25, 0.3) is 0 Å². The standard InChI is InChI=1S/C12H18ClN3O/c1-12(2,3)15-7-9-5-4-8(6-10(9)13)11(14)16-17/h4-6,15,17H,7H2,1-3H3,(H2,14,16). The number of rotatable bonds is 3. The summed E-state index contributed by atoms with van der Waals surface area (Å²) in [4.78, 5) is 0. The molecule has 0 saturated carbocycles. The van der Waals surface area contributed by atoms with Gasteiger partial charge >= 0.3 is 0 Å². The molecule has 0 spiro atoms. The minimum absolute atomic E-state index is 0.0353. The maximum absolute atomic E-state index is 8.57. The van der Waals surface area contributed by atoms with E-state index in [1.807, 2.05) is 6.07 Å². The van der Waals surface area contributed by atoms with Gasteiger partial charge in [0.2, 0.25) is 0 Å². The highest BCUT2D eigenvalue weighted by Gasteiger charge is 2.10. The SMILES string of the molecule is CC(C)(C)NCc1ccc(/C(N)=N/O)cc1Cl. The van der Waals surface area contributed by atoms with Gasteiger partial charge in [0.05, 0.1) is 0 Å². The van der Waals surface area contributed by atoms with E-state index >= 15 is 0 Å². The predicted octanol–water partition coefficient (Wildman–Crippen LogP) is 2.32. The Kier molecular flexibility index (Phi) is 4.37. The van der Waals surface area contributed by atoms with Crippen LogP contribution in [0.3, 0.4) is 0 Å². The van der Waals surface area contributed by atoms with E-state index in [1.54, 1.807) is 12.1 Å². The summed E-state index contributed by atoms with van der Waals surface area (Å²) in [6, 6.07) is 5.34. The molecule has 1 aromatic carbocycles. The normalized spacial score (nSPS) is 12.8. The Morgan fingerprint density at radius 2 is 2.12 bits per heavy atom. The number of oxime groups is 1. The fourth-order valence-electron chi connectivity index (χ4n) is 1.27. The third-order valence-electron chi connectivity index (χ3n) is 2.27. The van der Waals surface area contributed by atoms with Gasteiger partial charge in [0.1, 0.15) is 0 Å². The number of hydrogen-bond donors (Lipinski definition) is 3. The Hall–Kier alpha value is -1.26. The van der Waals surface area contributed by atoms with Gasteiger partial charge in [0.25, 0.3) is 0 Å². The molecule has 0 radical (unpaired) electrons. The molecule has 0 aliphatic heterocycles. The number of amidine groups is 1. The van der Waals surface area contributed by atoms with E-state index in [4.69, 9.17) is 22.5 Å². The molecule has 17 heavy (non-hydrogen) atoms. The molecule has 0 saturated heterocycles. The highest BCUT2D eigenvalue weighted by atomic mass is 35.5. The Labute approximate surface area is 106 Å². The molecule has 4 nitrogen and oxygen atoms in total. The number of nitrogens with zero attached hydrogens (tertiary/aromatic N) is 1. The lowest BCUT2D eigenvalue weighted by Crippen LogP contribution is -2.35. The van der Waals surface area contributed by atoms with Gasteiger partial charge in [-0.05, 0) is 32.4 Å². The zero-order chi connectivity index (χ0) is 13.1. The summed E-state index contributed by atoms with van der Waals surface area (Å²) in [5, 5.41) is 15.4. The molecule has 0 aromatic heterocycles. The summed E-state index contributed by atoms with van der Waals surface area (Å²) in [6.45, 7) is 6.95. The molecule has 0 atom stereocenters. The molecule has 1 rings (SSSR count). The van der Waals surface area contributed by atoms with Crippen molar-refractivity contribution in [3.63, 3.8) is 0 Å². The molecule has 0 amide bonds. The van der Waals surface area contributed by atoms with Crippen molar-refractivity contribution in [2.24, 2.45) is 10.9 Å². The van der Waals surface area contributed by atoms with Crippen LogP contribution < -0.4 is 11.1 Å². The van der Waals surface area contributed by atoms with Crippen LogP contribution in [-0.2, 0) is 6.54 Å². The second kappa shape index (κ2) is 5.38. The number of halogens is 1. The molecule has 0 fully saturated rings. The third-order valence-corrected chi connectivity index (χ3v) is 2.62. The summed E-state index contributed by atoms with van der Waals surface area (Å²) < 4.78 is 0. The average Bonchev–Trinajstić information content (AvgIpc) is 2.25. The first-order chi connectivity index (χ1) is 7.83. The Morgan fingerprint density at radius 1 is 1.47 bits per heavy atom.